The number of hydrogen-bond acceptors (Lipinski definition) is 4. The molecular formula is C15H14BrNO4S. The van der Waals surface area contributed by atoms with Crippen molar-refractivity contribution in [2.75, 3.05) is 11.8 Å². The quantitative estimate of drug-likeness (QED) is 0.821. The lowest BCUT2D eigenvalue weighted by atomic mass is 10.1. The van der Waals surface area contributed by atoms with Crippen LogP contribution in [0.5, 0.6) is 0 Å². The molecular weight excluding hydrogens is 370 g/mol. The molecule has 2 rings (SSSR count). The minimum absolute atomic E-state index is 0.159. The molecule has 2 aromatic carbocycles. The molecule has 0 spiro atoms. The number of aryl methyl sites for hydroxylation is 1. The van der Waals surface area contributed by atoms with E-state index in [2.05, 4.69) is 25.4 Å². The number of halogens is 1. The summed E-state index contributed by atoms with van der Waals surface area (Å²) in [6.45, 7) is 1.71. The number of anilines is 1. The van der Waals surface area contributed by atoms with Crippen molar-refractivity contribution >= 4 is 37.6 Å². The minimum atomic E-state index is -3.68. The number of nitrogens with one attached hydrogen (secondary N) is 1. The fraction of sp³-hybridized carbons (Fsp3) is 0.133. The lowest BCUT2D eigenvalue weighted by Crippen LogP contribution is -2.14. The van der Waals surface area contributed by atoms with E-state index in [1.165, 1.54) is 31.4 Å². The van der Waals surface area contributed by atoms with Crippen molar-refractivity contribution in [3.05, 3.63) is 58.1 Å². The summed E-state index contributed by atoms with van der Waals surface area (Å²) in [5.74, 6) is -0.467. The van der Waals surface area contributed by atoms with E-state index in [0.29, 0.717) is 16.8 Å². The SMILES string of the molecule is COC(=O)c1ccc(NS(=O)(=O)c2ccc(Br)cc2)c(C)c1. The van der Waals surface area contributed by atoms with Gasteiger partial charge in [0, 0.05) is 4.47 Å². The van der Waals surface area contributed by atoms with E-state index in [4.69, 9.17) is 0 Å². The van der Waals surface area contributed by atoms with E-state index in [1.807, 2.05) is 0 Å². The molecule has 5 nitrogen and oxygen atoms in total. The number of hydrogen-bond donors (Lipinski definition) is 1. The van der Waals surface area contributed by atoms with Gasteiger partial charge in [-0.25, -0.2) is 13.2 Å². The predicted molar refractivity (Wildman–Crippen MR) is 87.5 cm³/mol. The van der Waals surface area contributed by atoms with Crippen molar-refractivity contribution in [1.29, 1.82) is 0 Å². The van der Waals surface area contributed by atoms with Crippen LogP contribution in [0.4, 0.5) is 5.69 Å². The topological polar surface area (TPSA) is 72.5 Å². The van der Waals surface area contributed by atoms with Gasteiger partial charge in [0.05, 0.1) is 23.3 Å². The summed E-state index contributed by atoms with van der Waals surface area (Å²) in [6, 6.07) is 10.9. The Morgan fingerprint density at radius 2 is 1.77 bits per heavy atom. The Kier molecular flexibility index (Phi) is 4.87. The van der Waals surface area contributed by atoms with Crippen LogP contribution in [0.3, 0.4) is 0 Å². The predicted octanol–water partition coefficient (Wildman–Crippen LogP) is 3.34. The summed E-state index contributed by atoms with van der Waals surface area (Å²) in [5.41, 5.74) is 1.41. The van der Waals surface area contributed by atoms with Gasteiger partial charge in [0.2, 0.25) is 0 Å². The Labute approximate surface area is 137 Å². The fourth-order valence-corrected chi connectivity index (χ4v) is 3.24. The van der Waals surface area contributed by atoms with E-state index in [-0.39, 0.29) is 4.90 Å². The van der Waals surface area contributed by atoms with Crippen LogP contribution in [0.2, 0.25) is 0 Å². The number of carbonyl (C=O) groups is 1. The third-order valence-electron chi connectivity index (χ3n) is 3.02. The van der Waals surface area contributed by atoms with Gasteiger partial charge in [0.1, 0.15) is 0 Å². The number of sulfonamides is 1. The van der Waals surface area contributed by atoms with Crippen LogP contribution in [0.15, 0.2) is 51.8 Å². The van der Waals surface area contributed by atoms with E-state index < -0.39 is 16.0 Å². The molecule has 0 radical (unpaired) electrons. The summed E-state index contributed by atoms with van der Waals surface area (Å²) >= 11 is 3.26. The maximum atomic E-state index is 12.3. The second kappa shape index (κ2) is 6.50. The second-order valence-corrected chi connectivity index (χ2v) is 7.18. The number of rotatable bonds is 4. The highest BCUT2D eigenvalue weighted by molar-refractivity contribution is 9.10. The molecule has 0 heterocycles. The van der Waals surface area contributed by atoms with Crippen LogP contribution in [0.25, 0.3) is 0 Å². The first-order chi connectivity index (χ1) is 10.3. The molecule has 2 aromatic rings. The van der Waals surface area contributed by atoms with Gasteiger partial charge >= 0.3 is 5.97 Å². The van der Waals surface area contributed by atoms with E-state index >= 15 is 0 Å². The van der Waals surface area contributed by atoms with Crippen LogP contribution < -0.4 is 4.72 Å². The summed E-state index contributed by atoms with van der Waals surface area (Å²) in [6.07, 6.45) is 0. The van der Waals surface area contributed by atoms with Crippen molar-refractivity contribution in [3.63, 3.8) is 0 Å². The normalized spacial score (nSPS) is 11.0. The highest BCUT2D eigenvalue weighted by atomic mass is 79.9. The third kappa shape index (κ3) is 3.66. The second-order valence-electron chi connectivity index (χ2n) is 4.58. The van der Waals surface area contributed by atoms with Gasteiger partial charge in [-0.3, -0.25) is 4.72 Å². The molecule has 0 aliphatic heterocycles. The summed E-state index contributed by atoms with van der Waals surface area (Å²) < 4.78 is 32.6. The van der Waals surface area contributed by atoms with Gasteiger partial charge in [-0.1, -0.05) is 15.9 Å². The highest BCUT2D eigenvalue weighted by Crippen LogP contribution is 2.22. The van der Waals surface area contributed by atoms with Gasteiger partial charge in [0.25, 0.3) is 10.0 Å². The van der Waals surface area contributed by atoms with Crippen molar-refractivity contribution in [3.8, 4) is 0 Å². The van der Waals surface area contributed by atoms with E-state index in [9.17, 15) is 13.2 Å². The van der Waals surface area contributed by atoms with Crippen LogP contribution >= 0.6 is 15.9 Å². The molecule has 0 amide bonds. The molecule has 0 atom stereocenters. The Bertz CT molecular complexity index is 801. The van der Waals surface area contributed by atoms with E-state index in [0.717, 1.165) is 4.47 Å². The average molecular weight is 384 g/mol. The van der Waals surface area contributed by atoms with Crippen molar-refractivity contribution < 1.29 is 17.9 Å². The molecule has 0 aliphatic carbocycles. The zero-order valence-electron chi connectivity index (χ0n) is 12.0. The fourth-order valence-electron chi connectivity index (χ4n) is 1.84. The molecule has 7 heteroatoms. The smallest absolute Gasteiger partial charge is 0.337 e. The first-order valence-corrected chi connectivity index (χ1v) is 8.58. The Morgan fingerprint density at radius 1 is 1.14 bits per heavy atom. The first kappa shape index (κ1) is 16.5. The van der Waals surface area contributed by atoms with E-state index in [1.54, 1.807) is 25.1 Å². The molecule has 0 aromatic heterocycles. The summed E-state index contributed by atoms with van der Waals surface area (Å²) in [7, 11) is -2.38. The molecule has 0 unspecified atom stereocenters. The van der Waals surface area contributed by atoms with Gasteiger partial charge in [-0.05, 0) is 55.0 Å². The molecule has 0 saturated carbocycles. The molecule has 0 fully saturated rings. The molecule has 22 heavy (non-hydrogen) atoms. The lowest BCUT2D eigenvalue weighted by molar-refractivity contribution is 0.0600. The largest absolute Gasteiger partial charge is 0.465 e. The number of carbonyl (C=O) groups excluding carboxylic acids is 1. The molecule has 0 saturated heterocycles. The first-order valence-electron chi connectivity index (χ1n) is 6.31. The standard InChI is InChI=1S/C15H14BrNO4S/c1-10-9-11(15(18)21-2)3-8-14(10)17-22(19,20)13-6-4-12(16)5-7-13/h3-9,17H,1-2H3. The Hall–Kier alpha value is -1.86. The number of ether oxygens (including phenoxy) is 1. The average Bonchev–Trinajstić information content (AvgIpc) is 2.48. The maximum Gasteiger partial charge on any atom is 0.337 e. The third-order valence-corrected chi connectivity index (χ3v) is 4.93. The highest BCUT2D eigenvalue weighted by Gasteiger charge is 2.16. The molecule has 0 aliphatic rings. The molecule has 116 valence electrons. The lowest BCUT2D eigenvalue weighted by Gasteiger charge is -2.11. The van der Waals surface area contributed by atoms with Crippen molar-refractivity contribution in [2.24, 2.45) is 0 Å². The van der Waals surface area contributed by atoms with Gasteiger partial charge in [-0.2, -0.15) is 0 Å². The zero-order valence-corrected chi connectivity index (χ0v) is 14.4. The van der Waals surface area contributed by atoms with Crippen LogP contribution in [0.1, 0.15) is 15.9 Å². The summed E-state index contributed by atoms with van der Waals surface area (Å²) in [5, 5.41) is 0. The van der Waals surface area contributed by atoms with Crippen molar-refractivity contribution in [2.45, 2.75) is 11.8 Å². The van der Waals surface area contributed by atoms with Gasteiger partial charge in [0.15, 0.2) is 0 Å². The van der Waals surface area contributed by atoms with Crippen molar-refractivity contribution in [1.82, 2.24) is 0 Å². The molecule has 1 N–H and O–H groups in total. The number of esters is 1. The Morgan fingerprint density at radius 3 is 2.32 bits per heavy atom. The zero-order chi connectivity index (χ0) is 16.3. The Balaban J connectivity index is 2.30. The molecule has 0 bridgehead atoms. The monoisotopic (exact) mass is 383 g/mol. The summed E-state index contributed by atoms with van der Waals surface area (Å²) in [4.78, 5) is 11.6. The van der Waals surface area contributed by atoms with Gasteiger partial charge in [-0.15, -0.1) is 0 Å². The maximum absolute atomic E-state index is 12.3. The van der Waals surface area contributed by atoms with Crippen LogP contribution in [-0.4, -0.2) is 21.5 Å². The van der Waals surface area contributed by atoms with Gasteiger partial charge < -0.3 is 4.74 Å². The minimum Gasteiger partial charge on any atom is -0.465 e. The number of benzene rings is 2. The van der Waals surface area contributed by atoms with Crippen LogP contribution in [-0.2, 0) is 14.8 Å². The number of methoxy groups -OCH3 is 1. The van der Waals surface area contributed by atoms with Crippen LogP contribution in [0, 0.1) is 6.92 Å².